The second-order valence-electron chi connectivity index (χ2n) is 3.57. The summed E-state index contributed by atoms with van der Waals surface area (Å²) in [6.45, 7) is 1.74. The van der Waals surface area contributed by atoms with Gasteiger partial charge in [-0.25, -0.2) is 0 Å². The minimum atomic E-state index is 0.470. The standard InChI is InChI=1S/C11H14BrNO/c12-9-3-1-4-10(7-9)13-11-5-2-6-14-8-11/h1,3-4,7,11,13H,2,5-6,8H2. The molecule has 76 valence electrons. The Labute approximate surface area is 92.8 Å². The first-order valence-electron chi connectivity index (χ1n) is 4.94. The zero-order chi connectivity index (χ0) is 9.80. The van der Waals surface area contributed by atoms with E-state index in [9.17, 15) is 0 Å². The number of hydrogen-bond donors (Lipinski definition) is 1. The Kier molecular flexibility index (Phi) is 3.43. The van der Waals surface area contributed by atoms with Crippen LogP contribution >= 0.6 is 15.9 Å². The second kappa shape index (κ2) is 4.80. The van der Waals surface area contributed by atoms with E-state index < -0.39 is 0 Å². The van der Waals surface area contributed by atoms with Crippen molar-refractivity contribution in [2.45, 2.75) is 18.9 Å². The average Bonchev–Trinajstić information content (AvgIpc) is 2.19. The molecule has 0 radical (unpaired) electrons. The number of hydrogen-bond acceptors (Lipinski definition) is 2. The molecular formula is C11H14BrNO. The van der Waals surface area contributed by atoms with Crippen molar-refractivity contribution in [1.82, 2.24) is 0 Å². The van der Waals surface area contributed by atoms with Gasteiger partial charge in [-0.15, -0.1) is 0 Å². The van der Waals surface area contributed by atoms with Gasteiger partial charge in [0.2, 0.25) is 0 Å². The molecule has 1 aromatic carbocycles. The Morgan fingerprint density at radius 1 is 1.43 bits per heavy atom. The van der Waals surface area contributed by atoms with Gasteiger partial charge >= 0.3 is 0 Å². The van der Waals surface area contributed by atoms with Crippen molar-refractivity contribution in [3.8, 4) is 0 Å². The van der Waals surface area contributed by atoms with E-state index in [1.165, 1.54) is 6.42 Å². The fourth-order valence-corrected chi connectivity index (χ4v) is 2.07. The van der Waals surface area contributed by atoms with Crippen molar-refractivity contribution in [1.29, 1.82) is 0 Å². The molecule has 0 spiro atoms. The van der Waals surface area contributed by atoms with Gasteiger partial charge in [0.15, 0.2) is 0 Å². The molecule has 1 aliphatic heterocycles. The minimum Gasteiger partial charge on any atom is -0.380 e. The molecule has 1 fully saturated rings. The van der Waals surface area contributed by atoms with Crippen LogP contribution in [0.25, 0.3) is 0 Å². The van der Waals surface area contributed by atoms with E-state index in [1.807, 2.05) is 12.1 Å². The topological polar surface area (TPSA) is 21.3 Å². The van der Waals surface area contributed by atoms with Crippen molar-refractivity contribution in [2.24, 2.45) is 0 Å². The highest BCUT2D eigenvalue weighted by atomic mass is 79.9. The van der Waals surface area contributed by atoms with Crippen molar-refractivity contribution in [2.75, 3.05) is 18.5 Å². The largest absolute Gasteiger partial charge is 0.380 e. The number of rotatable bonds is 2. The first-order chi connectivity index (χ1) is 6.84. The van der Waals surface area contributed by atoms with Gasteiger partial charge in [-0.3, -0.25) is 0 Å². The van der Waals surface area contributed by atoms with E-state index in [1.54, 1.807) is 0 Å². The van der Waals surface area contributed by atoms with Crippen LogP contribution in [-0.4, -0.2) is 19.3 Å². The van der Waals surface area contributed by atoms with Gasteiger partial charge in [-0.1, -0.05) is 22.0 Å². The number of halogens is 1. The van der Waals surface area contributed by atoms with Gasteiger partial charge in [0.05, 0.1) is 6.61 Å². The van der Waals surface area contributed by atoms with Gasteiger partial charge < -0.3 is 10.1 Å². The maximum absolute atomic E-state index is 5.41. The third kappa shape index (κ3) is 2.72. The molecule has 14 heavy (non-hydrogen) atoms. The fourth-order valence-electron chi connectivity index (χ4n) is 1.67. The van der Waals surface area contributed by atoms with Gasteiger partial charge in [0.1, 0.15) is 0 Å². The molecule has 1 aromatic rings. The fraction of sp³-hybridized carbons (Fsp3) is 0.455. The third-order valence-corrected chi connectivity index (χ3v) is 2.85. The first kappa shape index (κ1) is 9.99. The van der Waals surface area contributed by atoms with Crippen molar-refractivity contribution >= 4 is 21.6 Å². The monoisotopic (exact) mass is 255 g/mol. The van der Waals surface area contributed by atoms with Crippen LogP contribution < -0.4 is 5.32 Å². The van der Waals surface area contributed by atoms with E-state index >= 15 is 0 Å². The SMILES string of the molecule is Brc1cccc(NC2CCCOC2)c1. The lowest BCUT2D eigenvalue weighted by molar-refractivity contribution is 0.0876. The predicted molar refractivity (Wildman–Crippen MR) is 61.6 cm³/mol. The third-order valence-electron chi connectivity index (χ3n) is 2.36. The van der Waals surface area contributed by atoms with Crippen molar-refractivity contribution < 1.29 is 4.74 Å². The normalized spacial score (nSPS) is 21.9. The van der Waals surface area contributed by atoms with Crippen molar-refractivity contribution in [3.05, 3.63) is 28.7 Å². The Balaban J connectivity index is 1.95. The molecule has 0 aromatic heterocycles. The molecule has 1 aliphatic rings. The Bertz CT molecular complexity index is 297. The molecule has 3 heteroatoms. The summed E-state index contributed by atoms with van der Waals surface area (Å²) in [6.07, 6.45) is 2.36. The summed E-state index contributed by atoms with van der Waals surface area (Å²) in [6, 6.07) is 8.71. The average molecular weight is 256 g/mol. The summed E-state index contributed by atoms with van der Waals surface area (Å²) in [4.78, 5) is 0. The predicted octanol–water partition coefficient (Wildman–Crippen LogP) is 3.04. The van der Waals surface area contributed by atoms with E-state index in [0.29, 0.717) is 6.04 Å². The van der Waals surface area contributed by atoms with Crippen molar-refractivity contribution in [3.63, 3.8) is 0 Å². The molecule has 1 unspecified atom stereocenters. The summed E-state index contributed by atoms with van der Waals surface area (Å²) in [7, 11) is 0. The lowest BCUT2D eigenvalue weighted by Crippen LogP contribution is -2.29. The Morgan fingerprint density at radius 2 is 2.36 bits per heavy atom. The van der Waals surface area contributed by atoms with Crippen LogP contribution in [0.15, 0.2) is 28.7 Å². The first-order valence-corrected chi connectivity index (χ1v) is 5.74. The minimum absolute atomic E-state index is 0.470. The van der Waals surface area contributed by atoms with Crippen LogP contribution in [0, 0.1) is 0 Å². The molecule has 2 nitrogen and oxygen atoms in total. The lowest BCUT2D eigenvalue weighted by atomic mass is 10.1. The zero-order valence-electron chi connectivity index (χ0n) is 8.00. The van der Waals surface area contributed by atoms with E-state index in [-0.39, 0.29) is 0 Å². The highest BCUT2D eigenvalue weighted by Gasteiger charge is 2.12. The van der Waals surface area contributed by atoms with E-state index in [2.05, 4.69) is 33.4 Å². The summed E-state index contributed by atoms with van der Waals surface area (Å²) in [5, 5.41) is 3.47. The molecule has 1 N–H and O–H groups in total. The maximum atomic E-state index is 5.41. The van der Waals surface area contributed by atoms with E-state index in [4.69, 9.17) is 4.74 Å². The Morgan fingerprint density at radius 3 is 3.07 bits per heavy atom. The number of nitrogens with one attached hydrogen (secondary N) is 1. The molecule has 1 heterocycles. The molecule has 1 atom stereocenters. The molecule has 2 rings (SSSR count). The molecular weight excluding hydrogens is 242 g/mol. The summed E-state index contributed by atoms with van der Waals surface area (Å²) >= 11 is 3.46. The maximum Gasteiger partial charge on any atom is 0.0667 e. The highest BCUT2D eigenvalue weighted by Crippen LogP contribution is 2.18. The molecule has 1 saturated heterocycles. The quantitative estimate of drug-likeness (QED) is 0.878. The summed E-state index contributed by atoms with van der Waals surface area (Å²) in [5.41, 5.74) is 1.16. The van der Waals surface area contributed by atoms with Gasteiger partial charge in [0, 0.05) is 22.8 Å². The summed E-state index contributed by atoms with van der Waals surface area (Å²) in [5.74, 6) is 0. The van der Waals surface area contributed by atoms with E-state index in [0.717, 1.165) is 29.8 Å². The molecule has 0 aliphatic carbocycles. The van der Waals surface area contributed by atoms with Crippen LogP contribution in [-0.2, 0) is 4.74 Å². The number of anilines is 1. The van der Waals surface area contributed by atoms with Crippen LogP contribution in [0.2, 0.25) is 0 Å². The smallest absolute Gasteiger partial charge is 0.0667 e. The van der Waals surface area contributed by atoms with Crippen LogP contribution in [0.3, 0.4) is 0 Å². The highest BCUT2D eigenvalue weighted by molar-refractivity contribution is 9.10. The molecule has 0 saturated carbocycles. The zero-order valence-corrected chi connectivity index (χ0v) is 9.59. The summed E-state index contributed by atoms with van der Waals surface area (Å²) < 4.78 is 6.52. The lowest BCUT2D eigenvalue weighted by Gasteiger charge is -2.24. The number of ether oxygens (including phenoxy) is 1. The number of benzene rings is 1. The molecule has 0 bridgehead atoms. The molecule has 0 amide bonds. The van der Waals surface area contributed by atoms with Gasteiger partial charge in [0.25, 0.3) is 0 Å². The van der Waals surface area contributed by atoms with Gasteiger partial charge in [-0.2, -0.15) is 0 Å². The van der Waals surface area contributed by atoms with Crippen LogP contribution in [0.4, 0.5) is 5.69 Å². The van der Waals surface area contributed by atoms with Crippen LogP contribution in [0.5, 0.6) is 0 Å². The van der Waals surface area contributed by atoms with Crippen LogP contribution in [0.1, 0.15) is 12.8 Å². The second-order valence-corrected chi connectivity index (χ2v) is 4.48. The van der Waals surface area contributed by atoms with Gasteiger partial charge in [-0.05, 0) is 31.0 Å². The Hall–Kier alpha value is -0.540.